The van der Waals surface area contributed by atoms with Gasteiger partial charge < -0.3 is 9.47 Å². The van der Waals surface area contributed by atoms with E-state index in [9.17, 15) is 9.59 Å². The summed E-state index contributed by atoms with van der Waals surface area (Å²) in [6.45, 7) is 3.25. The van der Waals surface area contributed by atoms with Crippen molar-refractivity contribution in [3.8, 4) is 16.9 Å². The number of hydrogen-bond donors (Lipinski definition) is 1. The van der Waals surface area contributed by atoms with Crippen LogP contribution in [0.25, 0.3) is 21.3 Å². The molecule has 5 rings (SSSR count). The molecule has 0 radical (unpaired) electrons. The van der Waals surface area contributed by atoms with Crippen LogP contribution in [0.1, 0.15) is 28.1 Å². The van der Waals surface area contributed by atoms with Crippen molar-refractivity contribution >= 4 is 27.5 Å². The lowest BCUT2D eigenvalue weighted by Gasteiger charge is -2.12. The average Bonchev–Trinajstić information content (AvgIpc) is 3.48. The van der Waals surface area contributed by atoms with Gasteiger partial charge in [-0.3, -0.25) is 15.0 Å². The molecule has 0 bridgehead atoms. The van der Waals surface area contributed by atoms with Crippen LogP contribution in [-0.4, -0.2) is 34.9 Å². The summed E-state index contributed by atoms with van der Waals surface area (Å²) in [5.41, 5.74) is 4.55. The molecule has 1 aliphatic rings. The van der Waals surface area contributed by atoms with Crippen molar-refractivity contribution in [1.29, 1.82) is 0 Å². The Morgan fingerprint density at radius 3 is 2.73 bits per heavy atom. The van der Waals surface area contributed by atoms with E-state index >= 15 is 0 Å². The van der Waals surface area contributed by atoms with Crippen molar-refractivity contribution in [3.05, 3.63) is 81.7 Å². The number of nitrogens with one attached hydrogen (secondary N) is 1. The van der Waals surface area contributed by atoms with Crippen molar-refractivity contribution in [2.75, 3.05) is 18.6 Å². The number of rotatable bonds is 6. The summed E-state index contributed by atoms with van der Waals surface area (Å²) in [5, 5.41) is 0.504. The van der Waals surface area contributed by atoms with Crippen LogP contribution in [0.2, 0.25) is 0 Å². The lowest BCUT2D eigenvalue weighted by molar-refractivity contribution is 0.0679. The fourth-order valence-electron chi connectivity index (χ4n) is 3.98. The van der Waals surface area contributed by atoms with Crippen molar-refractivity contribution in [2.24, 2.45) is 0 Å². The highest BCUT2D eigenvalue weighted by Gasteiger charge is 2.18. The molecule has 8 heteroatoms. The van der Waals surface area contributed by atoms with E-state index in [1.807, 2.05) is 37.3 Å². The van der Waals surface area contributed by atoms with Gasteiger partial charge in [-0.1, -0.05) is 30.3 Å². The number of aryl methyl sites for hydroxylation is 1. The Bertz CT molecular complexity index is 1340. The van der Waals surface area contributed by atoms with Gasteiger partial charge in [-0.15, -0.1) is 11.3 Å². The smallest absolute Gasteiger partial charge is 0.281 e. The standard InChI is InChI=1S/C25H23N3O4S/c1-16-21(17-6-3-2-4-7-17)22-24(33-16)26-15-28(25(22)30)27-23(29)18-9-11-19(12-10-18)32-14-20-8-5-13-31-20/h2-4,6-7,9-12,15,20H,5,8,13-14H2,1H3,(H,27,29). The number of ether oxygens (including phenoxy) is 2. The summed E-state index contributed by atoms with van der Waals surface area (Å²) in [7, 11) is 0. The van der Waals surface area contributed by atoms with Gasteiger partial charge >= 0.3 is 0 Å². The largest absolute Gasteiger partial charge is 0.491 e. The summed E-state index contributed by atoms with van der Waals surface area (Å²) in [6.07, 6.45) is 3.55. The minimum Gasteiger partial charge on any atom is -0.491 e. The van der Waals surface area contributed by atoms with E-state index in [1.54, 1.807) is 24.3 Å². The molecule has 33 heavy (non-hydrogen) atoms. The number of carbonyl (C=O) groups is 1. The molecule has 0 spiro atoms. The first-order valence-corrected chi connectivity index (χ1v) is 11.6. The molecule has 1 atom stereocenters. The quantitative estimate of drug-likeness (QED) is 0.461. The molecule has 1 fully saturated rings. The Kier molecular flexibility index (Phi) is 5.93. The van der Waals surface area contributed by atoms with E-state index in [2.05, 4.69) is 10.4 Å². The molecule has 2 aromatic heterocycles. The van der Waals surface area contributed by atoms with Gasteiger partial charge in [0.1, 0.15) is 23.5 Å². The summed E-state index contributed by atoms with van der Waals surface area (Å²) in [4.78, 5) is 32.1. The molecule has 0 aliphatic carbocycles. The second-order valence-corrected chi connectivity index (χ2v) is 9.11. The third-order valence-electron chi connectivity index (χ3n) is 5.65. The maximum absolute atomic E-state index is 13.3. The Morgan fingerprint density at radius 1 is 1.21 bits per heavy atom. The number of nitrogens with zero attached hydrogens (tertiary/aromatic N) is 2. The predicted molar refractivity (Wildman–Crippen MR) is 129 cm³/mol. The Hall–Kier alpha value is -3.49. The Morgan fingerprint density at radius 2 is 2.00 bits per heavy atom. The highest BCUT2D eigenvalue weighted by atomic mass is 32.1. The normalized spacial score (nSPS) is 15.6. The van der Waals surface area contributed by atoms with E-state index in [1.165, 1.54) is 17.7 Å². The van der Waals surface area contributed by atoms with Crippen LogP contribution in [0.15, 0.2) is 65.7 Å². The summed E-state index contributed by atoms with van der Waals surface area (Å²) >= 11 is 1.47. The highest BCUT2D eigenvalue weighted by Crippen LogP contribution is 2.35. The maximum atomic E-state index is 13.3. The molecule has 0 saturated carbocycles. The maximum Gasteiger partial charge on any atom is 0.281 e. The van der Waals surface area contributed by atoms with E-state index in [-0.39, 0.29) is 11.7 Å². The van der Waals surface area contributed by atoms with Gasteiger partial charge in [0.05, 0.1) is 11.5 Å². The monoisotopic (exact) mass is 461 g/mol. The van der Waals surface area contributed by atoms with E-state index < -0.39 is 5.91 Å². The molecule has 1 aliphatic heterocycles. The molecule has 1 N–H and O–H groups in total. The van der Waals surface area contributed by atoms with Gasteiger partial charge in [-0.05, 0) is 49.6 Å². The predicted octanol–water partition coefficient (Wildman–Crippen LogP) is 4.38. The topological polar surface area (TPSA) is 82.5 Å². The number of hydrogen-bond acceptors (Lipinski definition) is 6. The summed E-state index contributed by atoms with van der Waals surface area (Å²) < 4.78 is 12.4. The number of aromatic nitrogens is 2. The Labute approximate surface area is 194 Å². The van der Waals surface area contributed by atoms with Crippen LogP contribution < -0.4 is 15.7 Å². The van der Waals surface area contributed by atoms with Crippen molar-refractivity contribution < 1.29 is 14.3 Å². The minimum absolute atomic E-state index is 0.129. The van der Waals surface area contributed by atoms with Crippen LogP contribution >= 0.6 is 11.3 Å². The molecule has 3 heterocycles. The molecule has 1 saturated heterocycles. The zero-order valence-electron chi connectivity index (χ0n) is 18.1. The van der Waals surface area contributed by atoms with Crippen LogP contribution in [0.5, 0.6) is 5.75 Å². The average molecular weight is 462 g/mol. The van der Waals surface area contributed by atoms with Crippen molar-refractivity contribution in [2.45, 2.75) is 25.9 Å². The van der Waals surface area contributed by atoms with Gasteiger partial charge in [0.2, 0.25) is 0 Å². The number of benzene rings is 2. The van der Waals surface area contributed by atoms with Gasteiger partial charge in [-0.2, -0.15) is 0 Å². The zero-order valence-corrected chi connectivity index (χ0v) is 18.9. The summed E-state index contributed by atoms with van der Waals surface area (Å²) in [5.74, 6) is 0.265. The molecule has 7 nitrogen and oxygen atoms in total. The highest BCUT2D eigenvalue weighted by molar-refractivity contribution is 7.19. The molecule has 4 aromatic rings. The molecule has 2 aromatic carbocycles. The first kappa shape index (κ1) is 21.4. The van der Waals surface area contributed by atoms with Gasteiger partial charge in [-0.25, -0.2) is 9.66 Å². The Balaban J connectivity index is 1.36. The molecule has 1 unspecified atom stereocenters. The fourth-order valence-corrected chi connectivity index (χ4v) is 4.98. The second-order valence-electron chi connectivity index (χ2n) is 7.91. The van der Waals surface area contributed by atoms with Crippen LogP contribution in [0, 0.1) is 6.92 Å². The van der Waals surface area contributed by atoms with Crippen molar-refractivity contribution in [3.63, 3.8) is 0 Å². The van der Waals surface area contributed by atoms with Crippen LogP contribution in [-0.2, 0) is 4.74 Å². The van der Waals surface area contributed by atoms with E-state index in [0.717, 1.165) is 40.1 Å². The third-order valence-corrected chi connectivity index (χ3v) is 6.66. The van der Waals surface area contributed by atoms with Gasteiger partial charge in [0.15, 0.2) is 0 Å². The second kappa shape index (κ2) is 9.17. The number of amides is 1. The molecular weight excluding hydrogens is 438 g/mol. The molecule has 1 amide bonds. The van der Waals surface area contributed by atoms with Crippen molar-refractivity contribution in [1.82, 2.24) is 9.66 Å². The van der Waals surface area contributed by atoms with Crippen LogP contribution in [0.3, 0.4) is 0 Å². The van der Waals surface area contributed by atoms with E-state index in [4.69, 9.17) is 9.47 Å². The molecular formula is C25H23N3O4S. The fraction of sp³-hybridized carbons (Fsp3) is 0.240. The van der Waals surface area contributed by atoms with E-state index in [0.29, 0.717) is 28.1 Å². The third kappa shape index (κ3) is 4.40. The zero-order chi connectivity index (χ0) is 22.8. The van der Waals surface area contributed by atoms with Gasteiger partial charge in [0, 0.05) is 22.6 Å². The summed E-state index contributed by atoms with van der Waals surface area (Å²) in [6, 6.07) is 16.5. The number of carbonyl (C=O) groups excluding carboxylic acids is 1. The van der Waals surface area contributed by atoms with Gasteiger partial charge in [0.25, 0.3) is 11.5 Å². The number of fused-ring (bicyclic) bond motifs is 1. The molecule has 168 valence electrons. The SMILES string of the molecule is Cc1sc2ncn(NC(=O)c3ccc(OCC4CCCO4)cc3)c(=O)c2c1-c1ccccc1. The lowest BCUT2D eigenvalue weighted by Crippen LogP contribution is -2.33. The first-order chi connectivity index (χ1) is 16.1. The lowest BCUT2D eigenvalue weighted by atomic mass is 10.0. The number of thiophene rings is 1. The van der Waals surface area contributed by atoms with Crippen LogP contribution in [0.4, 0.5) is 0 Å². The minimum atomic E-state index is -0.405. The first-order valence-electron chi connectivity index (χ1n) is 10.8.